The Kier molecular flexibility index (Phi) is 3.44. The minimum absolute atomic E-state index is 0.000188. The van der Waals surface area contributed by atoms with Crippen molar-refractivity contribution in [2.75, 3.05) is 25.5 Å². The summed E-state index contributed by atoms with van der Waals surface area (Å²) in [4.78, 5) is 23.8. The Morgan fingerprint density at radius 3 is 2.76 bits per heavy atom. The second kappa shape index (κ2) is 4.85. The van der Waals surface area contributed by atoms with E-state index in [-0.39, 0.29) is 11.8 Å². The molecule has 1 aromatic heterocycles. The summed E-state index contributed by atoms with van der Waals surface area (Å²) in [6, 6.07) is 0. The van der Waals surface area contributed by atoms with E-state index in [9.17, 15) is 9.59 Å². The first-order chi connectivity index (χ1) is 8.13. The van der Waals surface area contributed by atoms with Crippen LogP contribution in [-0.4, -0.2) is 32.1 Å². The van der Waals surface area contributed by atoms with Gasteiger partial charge in [0, 0.05) is 13.1 Å². The van der Waals surface area contributed by atoms with Crippen molar-refractivity contribution >= 4 is 28.9 Å². The maximum Gasteiger partial charge on any atom is 0.350 e. The summed E-state index contributed by atoms with van der Waals surface area (Å²) in [7, 11) is 1.33. The Labute approximate surface area is 103 Å². The highest BCUT2D eigenvalue weighted by Crippen LogP contribution is 2.28. The van der Waals surface area contributed by atoms with Crippen molar-refractivity contribution in [3.8, 4) is 0 Å². The predicted molar refractivity (Wildman–Crippen MR) is 65.4 cm³/mol. The fourth-order valence-electron chi connectivity index (χ4n) is 1.54. The third kappa shape index (κ3) is 2.32. The van der Waals surface area contributed by atoms with Crippen molar-refractivity contribution in [1.82, 2.24) is 5.32 Å². The molecule has 0 bridgehead atoms. The number of carbonyl (C=O) groups excluding carboxylic acids is 2. The Morgan fingerprint density at radius 1 is 1.53 bits per heavy atom. The number of amides is 1. The van der Waals surface area contributed by atoms with E-state index >= 15 is 0 Å². The number of aryl methyl sites for hydroxylation is 1. The van der Waals surface area contributed by atoms with Gasteiger partial charge in [0.15, 0.2) is 0 Å². The lowest BCUT2D eigenvalue weighted by Crippen LogP contribution is -2.48. The first kappa shape index (κ1) is 12.1. The molecule has 0 atom stereocenters. The summed E-state index contributed by atoms with van der Waals surface area (Å²) in [5, 5.41) is 7.68. The van der Waals surface area contributed by atoms with Crippen LogP contribution in [-0.2, 0) is 9.53 Å². The van der Waals surface area contributed by atoms with E-state index < -0.39 is 5.97 Å². The molecule has 2 rings (SSSR count). The van der Waals surface area contributed by atoms with Gasteiger partial charge in [-0.1, -0.05) is 0 Å². The highest BCUT2D eigenvalue weighted by Gasteiger charge is 2.27. The highest BCUT2D eigenvalue weighted by atomic mass is 32.1. The maximum absolute atomic E-state index is 11.8. The third-order valence-electron chi connectivity index (χ3n) is 2.75. The Balaban J connectivity index is 2.16. The van der Waals surface area contributed by atoms with Crippen molar-refractivity contribution < 1.29 is 14.3 Å². The first-order valence-electron chi connectivity index (χ1n) is 5.31. The average Bonchev–Trinajstić information content (AvgIpc) is 2.57. The summed E-state index contributed by atoms with van der Waals surface area (Å²) in [6.45, 7) is 3.25. The third-order valence-corrected chi connectivity index (χ3v) is 3.82. The number of thiophene rings is 1. The van der Waals surface area contributed by atoms with Gasteiger partial charge in [0.25, 0.3) is 0 Å². The Hall–Kier alpha value is -1.40. The van der Waals surface area contributed by atoms with Gasteiger partial charge in [0.05, 0.1) is 18.7 Å². The van der Waals surface area contributed by atoms with Crippen molar-refractivity contribution in [2.24, 2.45) is 5.92 Å². The summed E-state index contributed by atoms with van der Waals surface area (Å²) in [6.07, 6.45) is 0. The molecule has 5 nitrogen and oxygen atoms in total. The summed E-state index contributed by atoms with van der Waals surface area (Å²) in [5.41, 5.74) is 1.47. The van der Waals surface area contributed by atoms with Gasteiger partial charge < -0.3 is 15.4 Å². The summed E-state index contributed by atoms with van der Waals surface area (Å²) >= 11 is 1.28. The lowest BCUT2D eigenvalue weighted by atomic mass is 10.0. The van der Waals surface area contributed by atoms with Crippen LogP contribution < -0.4 is 10.6 Å². The number of hydrogen-bond acceptors (Lipinski definition) is 5. The molecule has 17 heavy (non-hydrogen) atoms. The van der Waals surface area contributed by atoms with Crippen LogP contribution in [0.25, 0.3) is 0 Å². The number of methoxy groups -OCH3 is 1. The molecule has 0 radical (unpaired) electrons. The molecule has 0 aromatic carbocycles. The summed E-state index contributed by atoms with van der Waals surface area (Å²) in [5.74, 6) is -0.458. The zero-order chi connectivity index (χ0) is 12.4. The van der Waals surface area contributed by atoms with Gasteiger partial charge in [-0.25, -0.2) is 4.79 Å². The molecule has 0 spiro atoms. The molecule has 2 heterocycles. The van der Waals surface area contributed by atoms with Crippen LogP contribution in [0, 0.1) is 12.8 Å². The summed E-state index contributed by atoms with van der Waals surface area (Å²) < 4.78 is 4.68. The van der Waals surface area contributed by atoms with Crippen LogP contribution in [0.3, 0.4) is 0 Å². The van der Waals surface area contributed by atoms with Gasteiger partial charge in [-0.05, 0) is 17.9 Å². The van der Waals surface area contributed by atoms with Crippen LogP contribution >= 0.6 is 11.3 Å². The fourth-order valence-corrected chi connectivity index (χ4v) is 2.46. The normalized spacial score (nSPS) is 15.2. The quantitative estimate of drug-likeness (QED) is 0.790. The van der Waals surface area contributed by atoms with Gasteiger partial charge in [0.1, 0.15) is 4.88 Å². The molecule has 1 fully saturated rings. The molecule has 1 saturated heterocycles. The topological polar surface area (TPSA) is 67.4 Å². The molecule has 0 aliphatic carbocycles. The minimum atomic E-state index is -0.412. The Bertz CT molecular complexity index is 452. The molecular formula is C11H14N2O3S. The maximum atomic E-state index is 11.8. The van der Waals surface area contributed by atoms with Crippen LogP contribution in [0.4, 0.5) is 5.69 Å². The second-order valence-electron chi connectivity index (χ2n) is 3.96. The van der Waals surface area contributed by atoms with Crippen LogP contribution in [0.5, 0.6) is 0 Å². The predicted octanol–water partition coefficient (Wildman–Crippen LogP) is 1.00. The van der Waals surface area contributed by atoms with Crippen molar-refractivity contribution in [2.45, 2.75) is 6.92 Å². The fraction of sp³-hybridized carbons (Fsp3) is 0.455. The van der Waals surface area contributed by atoms with E-state index in [0.717, 1.165) is 5.56 Å². The molecule has 0 unspecified atom stereocenters. The second-order valence-corrected chi connectivity index (χ2v) is 4.84. The van der Waals surface area contributed by atoms with E-state index in [4.69, 9.17) is 0 Å². The van der Waals surface area contributed by atoms with Crippen molar-refractivity contribution in [3.63, 3.8) is 0 Å². The molecule has 1 amide bonds. The monoisotopic (exact) mass is 254 g/mol. The number of carbonyl (C=O) groups is 2. The molecule has 92 valence electrons. The first-order valence-corrected chi connectivity index (χ1v) is 6.19. The molecular weight excluding hydrogens is 240 g/mol. The zero-order valence-electron chi connectivity index (χ0n) is 9.70. The van der Waals surface area contributed by atoms with E-state index in [1.807, 2.05) is 12.3 Å². The number of rotatable bonds is 3. The van der Waals surface area contributed by atoms with E-state index in [1.165, 1.54) is 18.4 Å². The smallest absolute Gasteiger partial charge is 0.350 e. The van der Waals surface area contributed by atoms with Gasteiger partial charge in [-0.3, -0.25) is 4.79 Å². The number of esters is 1. The Morgan fingerprint density at radius 2 is 2.24 bits per heavy atom. The lowest BCUT2D eigenvalue weighted by molar-refractivity contribution is -0.121. The lowest BCUT2D eigenvalue weighted by Gasteiger charge is -2.25. The highest BCUT2D eigenvalue weighted by molar-refractivity contribution is 7.12. The number of ether oxygens (including phenoxy) is 1. The molecule has 6 heteroatoms. The number of hydrogen-bond donors (Lipinski definition) is 2. The van der Waals surface area contributed by atoms with Gasteiger partial charge in [-0.15, -0.1) is 11.3 Å². The SMILES string of the molecule is COC(=O)c1scc(C)c1NC(=O)C1CNC1. The number of anilines is 1. The van der Waals surface area contributed by atoms with Crippen LogP contribution in [0.15, 0.2) is 5.38 Å². The standard InChI is InChI=1S/C11H14N2O3S/c1-6-5-17-9(11(15)16-2)8(6)13-10(14)7-3-12-4-7/h5,7,12H,3-4H2,1-2H3,(H,13,14). The molecule has 1 aliphatic rings. The van der Waals surface area contributed by atoms with Crippen LogP contribution in [0.1, 0.15) is 15.2 Å². The molecule has 1 aromatic rings. The molecule has 1 aliphatic heterocycles. The molecule has 2 N–H and O–H groups in total. The van der Waals surface area contributed by atoms with Gasteiger partial charge in [-0.2, -0.15) is 0 Å². The van der Waals surface area contributed by atoms with E-state index in [0.29, 0.717) is 23.7 Å². The average molecular weight is 254 g/mol. The van der Waals surface area contributed by atoms with Gasteiger partial charge in [0.2, 0.25) is 5.91 Å². The van der Waals surface area contributed by atoms with Crippen molar-refractivity contribution in [3.05, 3.63) is 15.8 Å². The zero-order valence-corrected chi connectivity index (χ0v) is 10.5. The van der Waals surface area contributed by atoms with Gasteiger partial charge >= 0.3 is 5.97 Å². The number of nitrogens with one attached hydrogen (secondary N) is 2. The van der Waals surface area contributed by atoms with Crippen molar-refractivity contribution in [1.29, 1.82) is 0 Å². The van der Waals surface area contributed by atoms with E-state index in [2.05, 4.69) is 15.4 Å². The minimum Gasteiger partial charge on any atom is -0.465 e. The largest absolute Gasteiger partial charge is 0.465 e. The van der Waals surface area contributed by atoms with Crippen LogP contribution in [0.2, 0.25) is 0 Å². The molecule has 0 saturated carbocycles. The van der Waals surface area contributed by atoms with E-state index in [1.54, 1.807) is 0 Å².